The van der Waals surface area contributed by atoms with Crippen LogP contribution in [0.25, 0.3) is 0 Å². The molecule has 0 atom stereocenters. The molecule has 0 fully saturated rings. The van der Waals surface area contributed by atoms with Gasteiger partial charge in [-0.1, -0.05) is 18.9 Å². The van der Waals surface area contributed by atoms with Crippen LogP contribution in [0.15, 0.2) is 23.4 Å². The zero-order valence-corrected chi connectivity index (χ0v) is 6.97. The second kappa shape index (κ2) is 2.41. The summed E-state index contributed by atoms with van der Waals surface area (Å²) < 4.78 is 1.45. The van der Waals surface area contributed by atoms with Gasteiger partial charge < -0.3 is 0 Å². The molecule has 0 radical (unpaired) electrons. The van der Waals surface area contributed by atoms with E-state index < -0.39 is 0 Å². The molecule has 0 saturated heterocycles. The van der Waals surface area contributed by atoms with Gasteiger partial charge >= 0.3 is 0 Å². The summed E-state index contributed by atoms with van der Waals surface area (Å²) in [5.74, 6) is 0.102. The maximum atomic E-state index is 11.1. The maximum Gasteiger partial charge on any atom is 0.241 e. The van der Waals surface area contributed by atoms with Gasteiger partial charge in [-0.25, -0.2) is 0 Å². The zero-order chi connectivity index (χ0) is 7.84. The van der Waals surface area contributed by atoms with Crippen LogP contribution in [0.5, 0.6) is 0 Å². The number of allylic oxidation sites excluding steroid dienone is 2. The van der Waals surface area contributed by atoms with Gasteiger partial charge in [-0.3, -0.25) is 9.10 Å². The molecule has 0 aromatic rings. The van der Waals surface area contributed by atoms with Crippen LogP contribution in [0, 0.1) is 0 Å². The van der Waals surface area contributed by atoms with E-state index in [0.29, 0.717) is 6.42 Å². The first kappa shape index (κ1) is 6.98. The van der Waals surface area contributed by atoms with Crippen molar-refractivity contribution in [2.45, 2.75) is 19.3 Å². The number of nitrogens with zero attached hydrogens (tertiary/aromatic N) is 1. The fourth-order valence-electron chi connectivity index (χ4n) is 1.49. The molecule has 0 bridgehead atoms. The van der Waals surface area contributed by atoms with E-state index in [9.17, 15) is 4.79 Å². The molecule has 3 heteroatoms. The quantitative estimate of drug-likeness (QED) is 0.544. The predicted octanol–water partition coefficient (Wildman–Crippen LogP) is 1.67. The van der Waals surface area contributed by atoms with Crippen molar-refractivity contribution in [1.82, 2.24) is 4.31 Å². The lowest BCUT2D eigenvalue weighted by molar-refractivity contribution is -0.122. The summed E-state index contributed by atoms with van der Waals surface area (Å²) in [7, 11) is 0. The summed E-state index contributed by atoms with van der Waals surface area (Å²) in [5.41, 5.74) is 2.25. The van der Waals surface area contributed by atoms with E-state index in [1.54, 1.807) is 0 Å². The Kier molecular flexibility index (Phi) is 1.53. The summed E-state index contributed by atoms with van der Waals surface area (Å²) >= 11 is 4.08. The zero-order valence-electron chi connectivity index (χ0n) is 6.08. The van der Waals surface area contributed by atoms with Gasteiger partial charge in [-0.05, 0) is 24.5 Å². The Morgan fingerprint density at radius 2 is 2.36 bits per heavy atom. The van der Waals surface area contributed by atoms with E-state index in [0.717, 1.165) is 18.5 Å². The molecule has 2 nitrogen and oxygen atoms in total. The van der Waals surface area contributed by atoms with E-state index >= 15 is 0 Å². The lowest BCUT2D eigenvalue weighted by atomic mass is 10.0. The lowest BCUT2D eigenvalue weighted by Gasteiger charge is -2.11. The van der Waals surface area contributed by atoms with Crippen LogP contribution in [-0.4, -0.2) is 10.2 Å². The Morgan fingerprint density at radius 1 is 1.55 bits per heavy atom. The third kappa shape index (κ3) is 0.997. The van der Waals surface area contributed by atoms with Crippen LogP contribution in [0.2, 0.25) is 0 Å². The summed E-state index contributed by atoms with van der Waals surface area (Å²) in [4.78, 5) is 11.1. The average molecular weight is 167 g/mol. The summed E-state index contributed by atoms with van der Waals surface area (Å²) in [6, 6.07) is 0. The number of hydrogen-bond acceptors (Lipinski definition) is 2. The highest BCUT2D eigenvalue weighted by atomic mass is 32.1. The topological polar surface area (TPSA) is 20.3 Å². The third-order valence-corrected chi connectivity index (χ3v) is 2.52. The standard InChI is InChI=1S/C8H9NOS/c10-8-5-6-3-1-2-4-7(6)9(8)11/h2,4,11H,1,3,5H2. The molecular formula is C8H9NOS. The highest BCUT2D eigenvalue weighted by Crippen LogP contribution is 2.32. The smallest absolute Gasteiger partial charge is 0.241 e. The molecule has 0 aromatic carbocycles. The number of amides is 1. The normalized spacial score (nSPS) is 23.0. The number of carbonyl (C=O) groups excluding carboxylic acids is 1. The molecule has 0 saturated carbocycles. The van der Waals surface area contributed by atoms with Crippen molar-refractivity contribution in [2.75, 3.05) is 0 Å². The van der Waals surface area contributed by atoms with Crippen LogP contribution in [0.4, 0.5) is 0 Å². The summed E-state index contributed by atoms with van der Waals surface area (Å²) in [6.45, 7) is 0. The van der Waals surface area contributed by atoms with Gasteiger partial charge in [0.05, 0.1) is 12.1 Å². The molecule has 1 heterocycles. The Labute approximate surface area is 71.1 Å². The van der Waals surface area contributed by atoms with E-state index in [1.165, 1.54) is 9.88 Å². The van der Waals surface area contributed by atoms with Gasteiger partial charge in [0.25, 0.3) is 0 Å². The third-order valence-electron chi connectivity index (χ3n) is 2.08. The monoisotopic (exact) mass is 167 g/mol. The van der Waals surface area contributed by atoms with Gasteiger partial charge in [0.15, 0.2) is 0 Å². The minimum absolute atomic E-state index is 0.102. The first-order valence-electron chi connectivity index (χ1n) is 3.69. The molecule has 0 aromatic heterocycles. The fourth-order valence-corrected chi connectivity index (χ4v) is 1.77. The summed E-state index contributed by atoms with van der Waals surface area (Å²) in [5, 5.41) is 0. The molecule has 11 heavy (non-hydrogen) atoms. The van der Waals surface area contributed by atoms with Gasteiger partial charge in [0, 0.05) is 0 Å². The second-order valence-corrected chi connectivity index (χ2v) is 3.21. The van der Waals surface area contributed by atoms with Crippen molar-refractivity contribution in [1.29, 1.82) is 0 Å². The number of carbonyl (C=O) groups is 1. The molecule has 1 amide bonds. The van der Waals surface area contributed by atoms with E-state index in [-0.39, 0.29) is 5.91 Å². The van der Waals surface area contributed by atoms with Crippen LogP contribution in [0.3, 0.4) is 0 Å². The highest BCUT2D eigenvalue weighted by Gasteiger charge is 2.26. The van der Waals surface area contributed by atoms with E-state index in [2.05, 4.69) is 18.9 Å². The molecule has 1 aliphatic heterocycles. The second-order valence-electron chi connectivity index (χ2n) is 2.81. The molecule has 0 unspecified atom stereocenters. The van der Waals surface area contributed by atoms with Crippen molar-refractivity contribution in [3.8, 4) is 0 Å². The van der Waals surface area contributed by atoms with Crippen LogP contribution in [0.1, 0.15) is 19.3 Å². The van der Waals surface area contributed by atoms with Gasteiger partial charge in [-0.2, -0.15) is 0 Å². The Hall–Kier alpha value is -0.700. The average Bonchev–Trinajstić information content (AvgIpc) is 2.30. The van der Waals surface area contributed by atoms with Crippen LogP contribution < -0.4 is 0 Å². The van der Waals surface area contributed by atoms with Crippen LogP contribution in [-0.2, 0) is 4.79 Å². The fraction of sp³-hybridized carbons (Fsp3) is 0.375. The maximum absolute atomic E-state index is 11.1. The van der Waals surface area contributed by atoms with Crippen molar-refractivity contribution in [3.63, 3.8) is 0 Å². The molecule has 2 rings (SSSR count). The van der Waals surface area contributed by atoms with Gasteiger partial charge in [-0.15, -0.1) is 0 Å². The Bertz CT molecular complexity index is 267. The minimum Gasteiger partial charge on any atom is -0.273 e. The molecule has 0 spiro atoms. The van der Waals surface area contributed by atoms with Crippen molar-refractivity contribution >= 4 is 18.7 Å². The Morgan fingerprint density at radius 3 is 3.09 bits per heavy atom. The molecule has 1 aliphatic carbocycles. The van der Waals surface area contributed by atoms with Gasteiger partial charge in [0.2, 0.25) is 5.91 Å². The summed E-state index contributed by atoms with van der Waals surface area (Å²) in [6.07, 6.45) is 6.73. The molecule has 2 aliphatic rings. The first-order valence-corrected chi connectivity index (χ1v) is 4.09. The number of hydrogen-bond donors (Lipinski definition) is 1. The lowest BCUT2D eigenvalue weighted by Crippen LogP contribution is -2.12. The Balaban J connectivity index is 2.35. The number of rotatable bonds is 0. The van der Waals surface area contributed by atoms with Crippen molar-refractivity contribution < 1.29 is 4.79 Å². The van der Waals surface area contributed by atoms with Gasteiger partial charge in [0.1, 0.15) is 0 Å². The molecule has 0 N–H and O–H groups in total. The van der Waals surface area contributed by atoms with Crippen molar-refractivity contribution in [2.24, 2.45) is 0 Å². The largest absolute Gasteiger partial charge is 0.273 e. The molecular weight excluding hydrogens is 158 g/mol. The van der Waals surface area contributed by atoms with E-state index in [1.807, 2.05) is 6.08 Å². The predicted molar refractivity (Wildman–Crippen MR) is 45.8 cm³/mol. The minimum atomic E-state index is 0.102. The van der Waals surface area contributed by atoms with E-state index in [4.69, 9.17) is 0 Å². The first-order chi connectivity index (χ1) is 5.29. The number of thiol groups is 1. The van der Waals surface area contributed by atoms with Crippen molar-refractivity contribution in [3.05, 3.63) is 23.4 Å². The molecule has 58 valence electrons. The van der Waals surface area contributed by atoms with Crippen LogP contribution >= 0.6 is 12.8 Å². The SMILES string of the molecule is O=C1CC2=C(C=CCC2)N1S. The highest BCUT2D eigenvalue weighted by molar-refractivity contribution is 7.78.